The summed E-state index contributed by atoms with van der Waals surface area (Å²) in [6.45, 7) is 0.760. The number of nitrogens with zero attached hydrogens (tertiary/aromatic N) is 1. The minimum atomic E-state index is -0.0617. The third kappa shape index (κ3) is 3.96. The Labute approximate surface area is 142 Å². The van der Waals surface area contributed by atoms with Gasteiger partial charge in [-0.2, -0.15) is 11.3 Å². The Morgan fingerprint density at radius 1 is 1.30 bits per heavy atom. The lowest BCUT2D eigenvalue weighted by Crippen LogP contribution is -2.25. The van der Waals surface area contributed by atoms with Crippen molar-refractivity contribution in [3.8, 4) is 0 Å². The van der Waals surface area contributed by atoms with Gasteiger partial charge in [0.25, 0.3) is 5.91 Å². The molecule has 2 N–H and O–H groups in total. The molecular formula is C17H18N2O2S2. The number of aliphatic hydroxyl groups excluding tert-OH is 1. The number of thiophene rings is 1. The van der Waals surface area contributed by atoms with Crippen LogP contribution in [0.2, 0.25) is 0 Å². The van der Waals surface area contributed by atoms with Crippen LogP contribution in [0.15, 0.2) is 40.5 Å². The molecule has 3 aromatic rings. The van der Waals surface area contributed by atoms with Crippen molar-refractivity contribution in [1.82, 2.24) is 10.3 Å². The summed E-state index contributed by atoms with van der Waals surface area (Å²) in [7, 11) is 0. The van der Waals surface area contributed by atoms with Crippen LogP contribution in [0.1, 0.15) is 34.7 Å². The maximum atomic E-state index is 12.3. The molecule has 0 saturated carbocycles. The highest BCUT2D eigenvalue weighted by Crippen LogP contribution is 2.25. The third-order valence-corrected chi connectivity index (χ3v) is 5.36. The number of thiazole rings is 1. The molecule has 0 unspecified atom stereocenters. The molecule has 0 fully saturated rings. The Bertz CT molecular complexity index is 768. The number of aromatic nitrogens is 1. The number of nitrogens with one attached hydrogen (secondary N) is 1. The molecule has 3 rings (SSSR count). The van der Waals surface area contributed by atoms with Crippen LogP contribution in [0.25, 0.3) is 10.2 Å². The monoisotopic (exact) mass is 346 g/mol. The van der Waals surface area contributed by atoms with Gasteiger partial charge in [-0.25, -0.2) is 4.98 Å². The van der Waals surface area contributed by atoms with Gasteiger partial charge >= 0.3 is 0 Å². The Hall–Kier alpha value is -1.76. The first-order valence-corrected chi connectivity index (χ1v) is 9.34. The van der Waals surface area contributed by atoms with Crippen LogP contribution in [-0.4, -0.2) is 29.1 Å². The second-order valence-electron chi connectivity index (χ2n) is 5.35. The van der Waals surface area contributed by atoms with Crippen LogP contribution < -0.4 is 5.32 Å². The maximum Gasteiger partial charge on any atom is 0.251 e. The summed E-state index contributed by atoms with van der Waals surface area (Å²) < 4.78 is 1.02. The van der Waals surface area contributed by atoms with Crippen LogP contribution in [0, 0.1) is 0 Å². The quantitative estimate of drug-likeness (QED) is 0.686. The van der Waals surface area contributed by atoms with E-state index in [0.29, 0.717) is 12.1 Å². The van der Waals surface area contributed by atoms with Crippen molar-refractivity contribution in [1.29, 1.82) is 0 Å². The van der Waals surface area contributed by atoms with Crippen LogP contribution in [-0.2, 0) is 0 Å². The minimum absolute atomic E-state index is 0.0617. The lowest BCUT2D eigenvalue weighted by Gasteiger charge is -2.15. The molecule has 2 heterocycles. The highest BCUT2D eigenvalue weighted by molar-refractivity contribution is 7.16. The normalized spacial score (nSPS) is 12.4. The van der Waals surface area contributed by atoms with Crippen molar-refractivity contribution >= 4 is 38.8 Å². The Morgan fingerprint density at radius 3 is 3.00 bits per heavy atom. The van der Waals surface area contributed by atoms with E-state index in [1.54, 1.807) is 16.8 Å². The van der Waals surface area contributed by atoms with Gasteiger partial charge in [-0.3, -0.25) is 4.79 Å². The second kappa shape index (κ2) is 7.68. The summed E-state index contributed by atoms with van der Waals surface area (Å²) >= 11 is 3.19. The van der Waals surface area contributed by atoms with Gasteiger partial charge in [0.1, 0.15) is 0 Å². The van der Waals surface area contributed by atoms with Gasteiger partial charge in [-0.15, -0.1) is 11.3 Å². The van der Waals surface area contributed by atoms with E-state index in [4.69, 9.17) is 0 Å². The molecule has 1 aromatic carbocycles. The summed E-state index contributed by atoms with van der Waals surface area (Å²) in [6, 6.07) is 7.65. The Kier molecular flexibility index (Phi) is 5.38. The van der Waals surface area contributed by atoms with E-state index in [9.17, 15) is 9.90 Å². The van der Waals surface area contributed by atoms with Crippen molar-refractivity contribution in [3.05, 3.63) is 51.7 Å². The molecule has 1 amide bonds. The predicted molar refractivity (Wildman–Crippen MR) is 95.3 cm³/mol. The fraction of sp³-hybridized carbons (Fsp3) is 0.294. The van der Waals surface area contributed by atoms with E-state index in [1.165, 1.54) is 16.9 Å². The van der Waals surface area contributed by atoms with Gasteiger partial charge in [0.05, 0.1) is 15.7 Å². The average molecular weight is 346 g/mol. The van der Waals surface area contributed by atoms with Crippen LogP contribution in [0.4, 0.5) is 0 Å². The smallest absolute Gasteiger partial charge is 0.251 e. The van der Waals surface area contributed by atoms with Gasteiger partial charge < -0.3 is 10.4 Å². The van der Waals surface area contributed by atoms with Crippen molar-refractivity contribution in [3.63, 3.8) is 0 Å². The first kappa shape index (κ1) is 16.1. The first-order valence-electron chi connectivity index (χ1n) is 7.52. The molecule has 120 valence electrons. The number of fused-ring (bicyclic) bond motifs is 1. The molecule has 6 heteroatoms. The Morgan fingerprint density at radius 2 is 2.22 bits per heavy atom. The molecule has 2 aromatic heterocycles. The molecule has 0 spiro atoms. The number of carbonyl (C=O) groups excluding carboxylic acids is 1. The summed E-state index contributed by atoms with van der Waals surface area (Å²) in [4.78, 5) is 16.5. The van der Waals surface area contributed by atoms with E-state index in [-0.39, 0.29) is 18.4 Å². The number of hydrogen-bond acceptors (Lipinski definition) is 5. The summed E-state index contributed by atoms with van der Waals surface area (Å²) in [5, 5.41) is 16.3. The van der Waals surface area contributed by atoms with Crippen molar-refractivity contribution < 1.29 is 9.90 Å². The van der Waals surface area contributed by atoms with Crippen molar-refractivity contribution in [2.24, 2.45) is 0 Å². The standard InChI is InChI=1S/C17H18N2O2S2/c20-7-4-12(14-5-8-22-10-14)3-6-18-17(21)13-1-2-15-16(9-13)23-11-19-15/h1-2,5,8-12,20H,3-4,6-7H2,(H,18,21)/t12-/m1/s1. The second-order valence-corrected chi connectivity index (χ2v) is 7.01. The lowest BCUT2D eigenvalue weighted by atomic mass is 9.95. The van der Waals surface area contributed by atoms with Crippen LogP contribution in [0.3, 0.4) is 0 Å². The number of hydrogen-bond donors (Lipinski definition) is 2. The average Bonchev–Trinajstić information content (AvgIpc) is 3.24. The zero-order chi connectivity index (χ0) is 16.1. The Balaban J connectivity index is 1.57. The number of carbonyl (C=O) groups is 1. The van der Waals surface area contributed by atoms with Gasteiger partial charge in [0, 0.05) is 18.7 Å². The molecule has 23 heavy (non-hydrogen) atoms. The lowest BCUT2D eigenvalue weighted by molar-refractivity contribution is 0.0952. The molecule has 0 aliphatic carbocycles. The summed E-state index contributed by atoms with van der Waals surface area (Å²) in [5.74, 6) is 0.226. The summed E-state index contributed by atoms with van der Waals surface area (Å²) in [5.41, 5.74) is 4.61. The molecule has 0 bridgehead atoms. The molecule has 0 radical (unpaired) electrons. The van der Waals surface area contributed by atoms with Gasteiger partial charge in [0.2, 0.25) is 0 Å². The third-order valence-electron chi connectivity index (χ3n) is 3.86. The molecule has 1 atom stereocenters. The molecule has 0 aliphatic heterocycles. The van der Waals surface area contributed by atoms with Crippen molar-refractivity contribution in [2.45, 2.75) is 18.8 Å². The molecule has 4 nitrogen and oxygen atoms in total. The zero-order valence-corrected chi connectivity index (χ0v) is 14.2. The topological polar surface area (TPSA) is 62.2 Å². The largest absolute Gasteiger partial charge is 0.396 e. The predicted octanol–water partition coefficient (Wildman–Crippen LogP) is 3.64. The first-order chi connectivity index (χ1) is 11.3. The highest BCUT2D eigenvalue weighted by atomic mass is 32.1. The minimum Gasteiger partial charge on any atom is -0.396 e. The van der Waals surface area contributed by atoms with E-state index in [2.05, 4.69) is 21.7 Å². The van der Waals surface area contributed by atoms with Crippen LogP contribution >= 0.6 is 22.7 Å². The number of aliphatic hydroxyl groups is 1. The van der Waals surface area contributed by atoms with Gasteiger partial charge in [0.15, 0.2) is 0 Å². The van der Waals surface area contributed by atoms with Gasteiger partial charge in [-0.05, 0) is 59.3 Å². The molecular weight excluding hydrogens is 328 g/mol. The van der Waals surface area contributed by atoms with Gasteiger partial charge in [-0.1, -0.05) is 0 Å². The molecule has 0 aliphatic rings. The fourth-order valence-electron chi connectivity index (χ4n) is 2.60. The number of benzene rings is 1. The van der Waals surface area contributed by atoms with Crippen molar-refractivity contribution in [2.75, 3.05) is 13.2 Å². The van der Waals surface area contributed by atoms with E-state index in [0.717, 1.165) is 23.1 Å². The summed E-state index contributed by atoms with van der Waals surface area (Å²) in [6.07, 6.45) is 1.55. The zero-order valence-electron chi connectivity index (χ0n) is 12.6. The van der Waals surface area contributed by atoms with Crippen LogP contribution in [0.5, 0.6) is 0 Å². The number of amides is 1. The number of rotatable bonds is 7. The molecule has 0 saturated heterocycles. The van der Waals surface area contributed by atoms with E-state index in [1.807, 2.05) is 23.6 Å². The fourth-order valence-corrected chi connectivity index (χ4v) is 4.06. The van der Waals surface area contributed by atoms with E-state index >= 15 is 0 Å². The maximum absolute atomic E-state index is 12.3. The van der Waals surface area contributed by atoms with E-state index < -0.39 is 0 Å². The SMILES string of the molecule is O=C(NCC[C@H](CCO)c1ccsc1)c1ccc2ncsc2c1. The highest BCUT2D eigenvalue weighted by Gasteiger charge is 2.13.